The van der Waals surface area contributed by atoms with Crippen LogP contribution in [0.3, 0.4) is 0 Å². The second-order valence-electron chi connectivity index (χ2n) is 7.83. The molecule has 0 fully saturated rings. The maximum absolute atomic E-state index is 6.04. The van der Waals surface area contributed by atoms with Gasteiger partial charge in [-0.1, -0.05) is 0 Å². The van der Waals surface area contributed by atoms with Crippen molar-refractivity contribution in [1.29, 1.82) is 0 Å². The zero-order valence-corrected chi connectivity index (χ0v) is 19.2. The zero-order chi connectivity index (χ0) is 14.5. The Morgan fingerprint density at radius 2 is 1.53 bits per heavy atom. The fourth-order valence-electron chi connectivity index (χ4n) is 2.25. The van der Waals surface area contributed by atoms with Gasteiger partial charge in [0.15, 0.2) is 0 Å². The Hall–Kier alpha value is 0.777. The van der Waals surface area contributed by atoms with Gasteiger partial charge in [-0.2, -0.15) is 0 Å². The summed E-state index contributed by atoms with van der Waals surface area (Å²) in [5.74, 6) is 0. The first-order valence-corrected chi connectivity index (χ1v) is 28.1. The maximum atomic E-state index is 6.04. The Balaban J connectivity index is 2.50. The van der Waals surface area contributed by atoms with Crippen LogP contribution in [-0.2, 0) is 11.3 Å². The molecule has 1 aromatic rings. The Kier molecular flexibility index (Phi) is 7.22. The minimum absolute atomic E-state index is 0.777. The number of rotatable bonds is 7. The monoisotopic (exact) mass is 478 g/mol. The average molecular weight is 476 g/mol. The molecule has 0 heterocycles. The van der Waals surface area contributed by atoms with Crippen molar-refractivity contribution in [3.63, 3.8) is 0 Å². The molecular formula is C16H30OSn2. The van der Waals surface area contributed by atoms with E-state index in [1.807, 2.05) is 0 Å². The van der Waals surface area contributed by atoms with E-state index in [9.17, 15) is 0 Å². The van der Waals surface area contributed by atoms with Crippen molar-refractivity contribution >= 4 is 36.8 Å². The van der Waals surface area contributed by atoms with Crippen LogP contribution in [0.2, 0.25) is 38.0 Å². The quantitative estimate of drug-likeness (QED) is 0.489. The van der Waals surface area contributed by atoms with E-state index in [0.717, 1.165) is 17.1 Å². The van der Waals surface area contributed by atoms with Crippen LogP contribution in [0, 0.1) is 0 Å². The molecule has 1 unspecified atom stereocenters. The first-order chi connectivity index (χ1) is 8.68. The van der Waals surface area contributed by atoms with E-state index in [1.54, 1.807) is 0 Å². The molecule has 1 nitrogen and oxygen atoms in total. The van der Waals surface area contributed by atoms with Crippen LogP contribution in [0.15, 0.2) is 30.3 Å². The Morgan fingerprint density at radius 3 is 2.00 bits per heavy atom. The molecule has 3 heteroatoms. The molecule has 0 amide bonds. The molecular weight excluding hydrogens is 446 g/mol. The van der Waals surface area contributed by atoms with Crippen molar-refractivity contribution < 1.29 is 4.74 Å². The number of hydrogen-bond donors (Lipinski definition) is 0. The van der Waals surface area contributed by atoms with Gasteiger partial charge in [0.05, 0.1) is 0 Å². The summed E-state index contributed by atoms with van der Waals surface area (Å²) in [5, 5.41) is 0. The van der Waals surface area contributed by atoms with Crippen LogP contribution < -0.4 is 0 Å². The van der Waals surface area contributed by atoms with Gasteiger partial charge >= 0.3 is 129 Å². The SMILES string of the molecule is [CH3][Sn]([CH3])([CH3])[CH2][CH](COCc1ccccc1)[Sn]([CH3])([CH3])[CH3]. The summed E-state index contributed by atoms with van der Waals surface area (Å²) in [4.78, 5) is 15.3. The average Bonchev–Trinajstić information content (AvgIpc) is 2.26. The van der Waals surface area contributed by atoms with E-state index in [-0.39, 0.29) is 0 Å². The number of benzene rings is 1. The third-order valence-corrected chi connectivity index (χ3v) is 19.8. The molecule has 1 aromatic carbocycles. The molecule has 0 radical (unpaired) electrons. The van der Waals surface area contributed by atoms with Gasteiger partial charge in [0.2, 0.25) is 0 Å². The third-order valence-electron chi connectivity index (χ3n) is 3.51. The van der Waals surface area contributed by atoms with Crippen LogP contribution >= 0.6 is 0 Å². The van der Waals surface area contributed by atoms with Gasteiger partial charge in [-0.25, -0.2) is 0 Å². The van der Waals surface area contributed by atoms with Crippen molar-refractivity contribution in [2.45, 2.75) is 44.6 Å². The van der Waals surface area contributed by atoms with E-state index >= 15 is 0 Å². The molecule has 1 atom stereocenters. The summed E-state index contributed by atoms with van der Waals surface area (Å²) in [6.07, 6.45) is 0. The van der Waals surface area contributed by atoms with E-state index < -0.39 is 36.8 Å². The molecule has 0 aliphatic carbocycles. The fraction of sp³-hybridized carbons (Fsp3) is 0.625. The third kappa shape index (κ3) is 7.95. The normalized spacial score (nSPS) is 14.4. The molecule has 19 heavy (non-hydrogen) atoms. The summed E-state index contributed by atoms with van der Waals surface area (Å²) in [6, 6.07) is 10.5. The molecule has 0 saturated carbocycles. The Morgan fingerprint density at radius 1 is 0.947 bits per heavy atom. The van der Waals surface area contributed by atoms with Gasteiger partial charge < -0.3 is 0 Å². The molecule has 0 spiro atoms. The molecule has 0 N–H and O–H groups in total. The standard InChI is InChI=1S/C10H12O.6CH3.2Sn/c1-2-8-11-9-10-6-4-3-5-7-10;;;;;;;;/h2-7H,1,8-9H2;6*1H3;;. The Bertz CT molecular complexity index is 363. The van der Waals surface area contributed by atoms with Crippen LogP contribution in [0.5, 0.6) is 0 Å². The zero-order valence-electron chi connectivity index (χ0n) is 13.5. The molecule has 0 aromatic heterocycles. The van der Waals surface area contributed by atoms with Crippen molar-refractivity contribution in [3.8, 4) is 0 Å². The summed E-state index contributed by atoms with van der Waals surface area (Å²) in [5.41, 5.74) is 1.30. The number of hydrogen-bond acceptors (Lipinski definition) is 1. The molecule has 0 aliphatic heterocycles. The van der Waals surface area contributed by atoms with E-state index in [4.69, 9.17) is 4.74 Å². The first-order valence-electron chi connectivity index (χ1n) is 7.30. The van der Waals surface area contributed by atoms with Gasteiger partial charge in [-0.15, -0.1) is 0 Å². The van der Waals surface area contributed by atoms with Gasteiger partial charge in [-0.05, 0) is 0 Å². The van der Waals surface area contributed by atoms with Crippen LogP contribution in [0.4, 0.5) is 0 Å². The van der Waals surface area contributed by atoms with Crippen molar-refractivity contribution in [2.75, 3.05) is 6.61 Å². The predicted molar refractivity (Wildman–Crippen MR) is 91.3 cm³/mol. The van der Waals surface area contributed by atoms with Gasteiger partial charge in [0.1, 0.15) is 0 Å². The minimum atomic E-state index is -1.85. The Labute approximate surface area is 127 Å². The molecule has 0 bridgehead atoms. The molecule has 108 valence electrons. The van der Waals surface area contributed by atoms with Crippen LogP contribution in [0.1, 0.15) is 5.56 Å². The molecule has 0 saturated heterocycles. The van der Waals surface area contributed by atoms with Crippen molar-refractivity contribution in [3.05, 3.63) is 35.9 Å². The first kappa shape index (κ1) is 17.8. The second kappa shape index (κ2) is 7.69. The van der Waals surface area contributed by atoms with E-state index in [1.165, 1.54) is 10.0 Å². The van der Waals surface area contributed by atoms with Crippen molar-refractivity contribution in [1.82, 2.24) is 0 Å². The van der Waals surface area contributed by atoms with Crippen LogP contribution in [-0.4, -0.2) is 43.4 Å². The summed E-state index contributed by atoms with van der Waals surface area (Å²) >= 11 is -3.55. The van der Waals surface area contributed by atoms with Gasteiger partial charge in [0.25, 0.3) is 0 Å². The summed E-state index contributed by atoms with van der Waals surface area (Å²) < 4.78 is 8.44. The topological polar surface area (TPSA) is 9.23 Å². The molecule has 1 rings (SSSR count). The summed E-state index contributed by atoms with van der Waals surface area (Å²) in [7, 11) is 0. The second-order valence-corrected chi connectivity index (χ2v) is 39.4. The molecule has 0 aliphatic rings. The number of ether oxygens (including phenoxy) is 1. The van der Waals surface area contributed by atoms with Crippen LogP contribution in [0.25, 0.3) is 0 Å². The van der Waals surface area contributed by atoms with E-state index in [2.05, 4.69) is 60.0 Å². The summed E-state index contributed by atoms with van der Waals surface area (Å²) in [6.45, 7) is 1.77. The fourth-order valence-corrected chi connectivity index (χ4v) is 33.8. The van der Waals surface area contributed by atoms with Crippen molar-refractivity contribution in [2.24, 2.45) is 0 Å². The van der Waals surface area contributed by atoms with Gasteiger partial charge in [0, 0.05) is 0 Å². The predicted octanol–water partition coefficient (Wildman–Crippen LogP) is 5.25. The van der Waals surface area contributed by atoms with Gasteiger partial charge in [-0.3, -0.25) is 0 Å². The van der Waals surface area contributed by atoms with E-state index in [0.29, 0.717) is 0 Å².